The van der Waals surface area contributed by atoms with Crippen LogP contribution in [0.25, 0.3) is 0 Å². The standard InChI is InChI=1S/C22H25N3O5/c1-16-14-19(8-9-20(16)25(28)29)22(27)30-17(2)21(26)24-12-10-23(11-13-24)15-18-6-4-3-5-7-18/h3-9,14,17H,10-13,15H2,1-2H3. The zero-order valence-corrected chi connectivity index (χ0v) is 17.1. The van der Waals surface area contributed by atoms with Crippen molar-refractivity contribution in [3.05, 3.63) is 75.3 Å². The highest BCUT2D eigenvalue weighted by atomic mass is 16.6. The lowest BCUT2D eigenvalue weighted by molar-refractivity contribution is -0.385. The summed E-state index contributed by atoms with van der Waals surface area (Å²) in [6, 6.07) is 14.2. The van der Waals surface area contributed by atoms with Gasteiger partial charge in [0.25, 0.3) is 11.6 Å². The van der Waals surface area contributed by atoms with Crippen molar-refractivity contribution >= 4 is 17.6 Å². The van der Waals surface area contributed by atoms with Crippen molar-refractivity contribution in [2.75, 3.05) is 26.2 Å². The molecule has 8 nitrogen and oxygen atoms in total. The van der Waals surface area contributed by atoms with Gasteiger partial charge in [0.15, 0.2) is 6.10 Å². The van der Waals surface area contributed by atoms with Gasteiger partial charge in [0, 0.05) is 44.4 Å². The smallest absolute Gasteiger partial charge is 0.338 e. The molecular weight excluding hydrogens is 386 g/mol. The molecule has 2 aromatic rings. The summed E-state index contributed by atoms with van der Waals surface area (Å²) in [6.07, 6.45) is -0.923. The van der Waals surface area contributed by atoms with Gasteiger partial charge in [0.1, 0.15) is 0 Å². The van der Waals surface area contributed by atoms with E-state index in [1.165, 1.54) is 23.8 Å². The SMILES string of the molecule is Cc1cc(C(=O)OC(C)C(=O)N2CCN(Cc3ccccc3)CC2)ccc1[N+](=O)[O-]. The zero-order chi connectivity index (χ0) is 21.7. The molecule has 1 aliphatic rings. The second kappa shape index (κ2) is 9.49. The summed E-state index contributed by atoms with van der Waals surface area (Å²) >= 11 is 0. The van der Waals surface area contributed by atoms with E-state index < -0.39 is 17.0 Å². The Morgan fingerprint density at radius 3 is 2.37 bits per heavy atom. The number of piperazine rings is 1. The fourth-order valence-corrected chi connectivity index (χ4v) is 3.49. The van der Waals surface area contributed by atoms with Crippen molar-refractivity contribution in [1.82, 2.24) is 9.80 Å². The van der Waals surface area contributed by atoms with Gasteiger partial charge in [0.05, 0.1) is 10.5 Å². The lowest BCUT2D eigenvalue weighted by Gasteiger charge is -2.35. The Bertz CT molecular complexity index is 924. The van der Waals surface area contributed by atoms with E-state index in [2.05, 4.69) is 17.0 Å². The first-order valence-corrected chi connectivity index (χ1v) is 9.86. The number of nitro benzene ring substituents is 1. The second-order valence-electron chi connectivity index (χ2n) is 7.39. The minimum Gasteiger partial charge on any atom is -0.449 e. The molecule has 3 rings (SSSR count). The second-order valence-corrected chi connectivity index (χ2v) is 7.39. The minimum absolute atomic E-state index is 0.0657. The van der Waals surface area contributed by atoms with Gasteiger partial charge in [-0.05, 0) is 31.5 Å². The largest absolute Gasteiger partial charge is 0.449 e. The Morgan fingerprint density at radius 1 is 1.10 bits per heavy atom. The molecule has 1 atom stereocenters. The number of benzene rings is 2. The van der Waals surface area contributed by atoms with Gasteiger partial charge in [-0.25, -0.2) is 4.79 Å². The maximum atomic E-state index is 12.7. The van der Waals surface area contributed by atoms with Crippen LogP contribution in [0.4, 0.5) is 5.69 Å². The van der Waals surface area contributed by atoms with Crippen LogP contribution in [0.3, 0.4) is 0 Å². The topological polar surface area (TPSA) is 93.0 Å². The van der Waals surface area contributed by atoms with E-state index in [0.717, 1.165) is 19.6 Å². The zero-order valence-electron chi connectivity index (χ0n) is 17.1. The summed E-state index contributed by atoms with van der Waals surface area (Å²) in [6.45, 7) is 6.60. The molecule has 0 spiro atoms. The quantitative estimate of drug-likeness (QED) is 0.412. The first kappa shape index (κ1) is 21.4. The molecule has 1 unspecified atom stereocenters. The van der Waals surface area contributed by atoms with E-state index >= 15 is 0 Å². The van der Waals surface area contributed by atoms with Crippen LogP contribution in [0.15, 0.2) is 48.5 Å². The van der Waals surface area contributed by atoms with E-state index in [-0.39, 0.29) is 17.2 Å². The van der Waals surface area contributed by atoms with E-state index in [1.807, 2.05) is 18.2 Å². The van der Waals surface area contributed by atoms with E-state index in [4.69, 9.17) is 4.74 Å². The summed E-state index contributed by atoms with van der Waals surface area (Å²) in [5.74, 6) is -0.905. The van der Waals surface area contributed by atoms with Crippen LogP contribution < -0.4 is 0 Å². The fraction of sp³-hybridized carbons (Fsp3) is 0.364. The maximum Gasteiger partial charge on any atom is 0.338 e. The Hall–Kier alpha value is -3.26. The summed E-state index contributed by atoms with van der Waals surface area (Å²) in [4.78, 5) is 39.4. The third kappa shape index (κ3) is 5.21. The van der Waals surface area contributed by atoms with E-state index in [9.17, 15) is 19.7 Å². The summed E-state index contributed by atoms with van der Waals surface area (Å²) < 4.78 is 5.32. The average molecular weight is 411 g/mol. The van der Waals surface area contributed by atoms with Gasteiger partial charge in [-0.15, -0.1) is 0 Å². The first-order chi connectivity index (χ1) is 14.3. The monoisotopic (exact) mass is 411 g/mol. The number of carbonyl (C=O) groups excluding carboxylic acids is 2. The van der Waals surface area contributed by atoms with Gasteiger partial charge in [-0.1, -0.05) is 30.3 Å². The molecule has 0 N–H and O–H groups in total. The van der Waals surface area contributed by atoms with Crippen molar-refractivity contribution in [2.24, 2.45) is 0 Å². The van der Waals surface area contributed by atoms with Crippen LogP contribution in [0.1, 0.15) is 28.4 Å². The maximum absolute atomic E-state index is 12.7. The summed E-state index contributed by atoms with van der Waals surface area (Å²) in [7, 11) is 0. The van der Waals surface area contributed by atoms with Gasteiger partial charge in [-0.2, -0.15) is 0 Å². The molecule has 0 bridgehead atoms. The molecule has 158 valence electrons. The molecule has 1 amide bonds. The van der Waals surface area contributed by atoms with Crippen LogP contribution >= 0.6 is 0 Å². The highest BCUT2D eigenvalue weighted by molar-refractivity contribution is 5.92. The summed E-state index contributed by atoms with van der Waals surface area (Å²) in [5, 5.41) is 10.9. The van der Waals surface area contributed by atoms with Crippen molar-refractivity contribution in [3.63, 3.8) is 0 Å². The number of rotatable bonds is 6. The molecular formula is C22H25N3O5. The Morgan fingerprint density at radius 2 is 1.77 bits per heavy atom. The third-order valence-corrected chi connectivity index (χ3v) is 5.19. The highest BCUT2D eigenvalue weighted by Crippen LogP contribution is 2.20. The fourth-order valence-electron chi connectivity index (χ4n) is 3.49. The van der Waals surface area contributed by atoms with E-state index in [1.54, 1.807) is 18.7 Å². The third-order valence-electron chi connectivity index (χ3n) is 5.19. The van der Waals surface area contributed by atoms with Crippen LogP contribution in [0.2, 0.25) is 0 Å². The number of carbonyl (C=O) groups is 2. The molecule has 0 aromatic heterocycles. The van der Waals surface area contributed by atoms with Crippen LogP contribution in [0.5, 0.6) is 0 Å². The van der Waals surface area contributed by atoms with Crippen molar-refractivity contribution in [2.45, 2.75) is 26.5 Å². The number of nitrogens with zero attached hydrogens (tertiary/aromatic N) is 3. The van der Waals surface area contributed by atoms with Gasteiger partial charge in [0.2, 0.25) is 0 Å². The van der Waals surface area contributed by atoms with E-state index in [0.29, 0.717) is 18.7 Å². The van der Waals surface area contributed by atoms with Crippen molar-refractivity contribution in [3.8, 4) is 0 Å². The molecule has 0 aliphatic carbocycles. The predicted octanol–water partition coefficient (Wildman–Crippen LogP) is 2.79. The number of esters is 1. The molecule has 2 aromatic carbocycles. The molecule has 1 fully saturated rings. The number of hydrogen-bond acceptors (Lipinski definition) is 6. The molecule has 1 aliphatic heterocycles. The first-order valence-electron chi connectivity index (χ1n) is 9.86. The number of amides is 1. The molecule has 30 heavy (non-hydrogen) atoms. The lowest BCUT2D eigenvalue weighted by atomic mass is 10.1. The molecule has 1 heterocycles. The van der Waals surface area contributed by atoms with Crippen molar-refractivity contribution in [1.29, 1.82) is 0 Å². The van der Waals surface area contributed by atoms with Gasteiger partial charge < -0.3 is 9.64 Å². The number of hydrogen-bond donors (Lipinski definition) is 0. The van der Waals surface area contributed by atoms with Gasteiger partial charge >= 0.3 is 5.97 Å². The number of nitro groups is 1. The Labute approximate surface area is 175 Å². The van der Waals surface area contributed by atoms with Crippen molar-refractivity contribution < 1.29 is 19.2 Å². The van der Waals surface area contributed by atoms with Crippen LogP contribution in [-0.2, 0) is 16.1 Å². The van der Waals surface area contributed by atoms with Crippen LogP contribution in [-0.4, -0.2) is 58.9 Å². The highest BCUT2D eigenvalue weighted by Gasteiger charge is 2.28. The Kier molecular flexibility index (Phi) is 6.79. The number of aryl methyl sites for hydroxylation is 1. The molecule has 8 heteroatoms. The number of ether oxygens (including phenoxy) is 1. The molecule has 1 saturated heterocycles. The molecule has 0 radical (unpaired) electrons. The minimum atomic E-state index is -0.923. The predicted molar refractivity (Wildman–Crippen MR) is 111 cm³/mol. The van der Waals surface area contributed by atoms with Crippen LogP contribution in [0, 0.1) is 17.0 Å². The Balaban J connectivity index is 1.51. The summed E-state index contributed by atoms with van der Waals surface area (Å²) in [5.41, 5.74) is 1.72. The van der Waals surface area contributed by atoms with Gasteiger partial charge in [-0.3, -0.25) is 19.8 Å². The average Bonchev–Trinajstić information content (AvgIpc) is 2.74. The normalized spacial score (nSPS) is 15.5. The molecule has 0 saturated carbocycles. The lowest BCUT2D eigenvalue weighted by Crippen LogP contribution is -2.51.